The quantitative estimate of drug-likeness (QED) is 0.716. The van der Waals surface area contributed by atoms with Gasteiger partial charge in [0.15, 0.2) is 0 Å². The molecule has 132 valence electrons. The van der Waals surface area contributed by atoms with Gasteiger partial charge in [0.2, 0.25) is 5.91 Å². The second-order valence-corrected chi connectivity index (χ2v) is 6.80. The van der Waals surface area contributed by atoms with Crippen LogP contribution in [0.3, 0.4) is 0 Å². The maximum Gasteiger partial charge on any atom is 0.303 e. The van der Waals surface area contributed by atoms with Crippen LogP contribution in [-0.4, -0.2) is 28.6 Å². The van der Waals surface area contributed by atoms with E-state index in [9.17, 15) is 14.7 Å². The van der Waals surface area contributed by atoms with Crippen LogP contribution in [0.1, 0.15) is 56.3 Å². The molecule has 24 heavy (non-hydrogen) atoms. The lowest BCUT2D eigenvalue weighted by Crippen LogP contribution is -2.30. The predicted molar refractivity (Wildman–Crippen MR) is 91.5 cm³/mol. The largest absolute Gasteiger partial charge is 0.481 e. The van der Waals surface area contributed by atoms with Crippen LogP contribution >= 0.6 is 0 Å². The monoisotopic (exact) mass is 333 g/mol. The number of aryl methyl sites for hydroxylation is 1. The standard InChI is InChI=1S/C19H27NO4/c1-13(21)20-12-15-4-9-17(10-5-15)19(24)16-7-2-14(3-8-16)6-11-18(22)23/h2-3,7-8,15,17,19,24H,4-6,9-12H2,1H3,(H,20,21)(H,22,23). The van der Waals surface area contributed by atoms with Crippen molar-refractivity contribution in [2.24, 2.45) is 11.8 Å². The fourth-order valence-corrected chi connectivity index (χ4v) is 3.40. The van der Waals surface area contributed by atoms with Crippen LogP contribution in [0.2, 0.25) is 0 Å². The molecule has 3 N–H and O–H groups in total. The normalized spacial score (nSPS) is 21.9. The van der Waals surface area contributed by atoms with Crippen LogP contribution in [0.15, 0.2) is 24.3 Å². The molecule has 0 heterocycles. The summed E-state index contributed by atoms with van der Waals surface area (Å²) in [6, 6.07) is 7.63. The highest BCUT2D eigenvalue weighted by molar-refractivity contribution is 5.72. The minimum Gasteiger partial charge on any atom is -0.481 e. The molecule has 1 aromatic carbocycles. The molecule has 0 saturated heterocycles. The van der Waals surface area contributed by atoms with E-state index in [4.69, 9.17) is 5.11 Å². The molecule has 2 rings (SSSR count). The lowest BCUT2D eigenvalue weighted by Gasteiger charge is -2.31. The number of aliphatic hydroxyl groups is 1. The Morgan fingerprint density at radius 1 is 1.17 bits per heavy atom. The van der Waals surface area contributed by atoms with Gasteiger partial charge in [-0.15, -0.1) is 0 Å². The van der Waals surface area contributed by atoms with Crippen molar-refractivity contribution in [2.75, 3.05) is 6.54 Å². The topological polar surface area (TPSA) is 86.6 Å². The zero-order valence-electron chi connectivity index (χ0n) is 14.2. The molecule has 0 aliphatic heterocycles. The van der Waals surface area contributed by atoms with E-state index in [-0.39, 0.29) is 18.2 Å². The van der Waals surface area contributed by atoms with Crippen LogP contribution in [0.25, 0.3) is 0 Å². The smallest absolute Gasteiger partial charge is 0.303 e. The number of hydrogen-bond donors (Lipinski definition) is 3. The number of aliphatic carboxylic acids is 1. The average Bonchev–Trinajstić information content (AvgIpc) is 2.58. The Hall–Kier alpha value is -1.88. The molecular weight excluding hydrogens is 306 g/mol. The van der Waals surface area contributed by atoms with Crippen molar-refractivity contribution in [3.63, 3.8) is 0 Å². The zero-order chi connectivity index (χ0) is 17.5. The van der Waals surface area contributed by atoms with E-state index in [1.54, 1.807) is 0 Å². The summed E-state index contributed by atoms with van der Waals surface area (Å²) in [5, 5.41) is 22.2. The number of rotatable bonds is 7. The van der Waals surface area contributed by atoms with Gasteiger partial charge in [-0.3, -0.25) is 9.59 Å². The minimum atomic E-state index is -0.796. The summed E-state index contributed by atoms with van der Waals surface area (Å²) in [4.78, 5) is 21.6. The molecule has 1 fully saturated rings. The first-order valence-corrected chi connectivity index (χ1v) is 8.69. The van der Waals surface area contributed by atoms with Crippen molar-refractivity contribution in [3.8, 4) is 0 Å². The molecule has 5 nitrogen and oxygen atoms in total. The Bertz CT molecular complexity index is 547. The number of carbonyl (C=O) groups is 2. The SMILES string of the molecule is CC(=O)NCC1CCC(C(O)c2ccc(CCC(=O)O)cc2)CC1. The van der Waals surface area contributed by atoms with Gasteiger partial charge in [-0.2, -0.15) is 0 Å². The number of hydrogen-bond acceptors (Lipinski definition) is 3. The molecule has 0 bridgehead atoms. The van der Waals surface area contributed by atoms with Gasteiger partial charge in [0.1, 0.15) is 0 Å². The molecule has 1 atom stereocenters. The van der Waals surface area contributed by atoms with Gasteiger partial charge in [0.25, 0.3) is 0 Å². The Morgan fingerprint density at radius 3 is 2.33 bits per heavy atom. The van der Waals surface area contributed by atoms with Gasteiger partial charge >= 0.3 is 5.97 Å². The minimum absolute atomic E-state index is 0.0140. The van der Waals surface area contributed by atoms with E-state index >= 15 is 0 Å². The molecule has 0 radical (unpaired) electrons. The fourth-order valence-electron chi connectivity index (χ4n) is 3.40. The van der Waals surface area contributed by atoms with Crippen LogP contribution in [0, 0.1) is 11.8 Å². The highest BCUT2D eigenvalue weighted by Gasteiger charge is 2.27. The van der Waals surface area contributed by atoms with Gasteiger partial charge in [-0.1, -0.05) is 24.3 Å². The third-order valence-corrected chi connectivity index (χ3v) is 4.93. The Morgan fingerprint density at radius 2 is 1.79 bits per heavy atom. The number of nitrogens with one attached hydrogen (secondary N) is 1. The van der Waals surface area contributed by atoms with E-state index in [0.717, 1.165) is 43.4 Å². The van der Waals surface area contributed by atoms with Crippen LogP contribution in [0.4, 0.5) is 0 Å². The molecule has 1 amide bonds. The first kappa shape index (κ1) is 18.5. The number of amides is 1. The maximum atomic E-state index is 11.0. The summed E-state index contributed by atoms with van der Waals surface area (Å²) in [6.07, 6.45) is 4.15. The van der Waals surface area contributed by atoms with Crippen molar-refractivity contribution < 1.29 is 19.8 Å². The third kappa shape index (κ3) is 5.64. The summed E-state index contributed by atoms with van der Waals surface area (Å²) in [7, 11) is 0. The van der Waals surface area contributed by atoms with Crippen molar-refractivity contribution >= 4 is 11.9 Å². The van der Waals surface area contributed by atoms with Crippen LogP contribution in [0.5, 0.6) is 0 Å². The number of carboxylic acids is 1. The highest BCUT2D eigenvalue weighted by Crippen LogP contribution is 2.36. The molecule has 5 heteroatoms. The van der Waals surface area contributed by atoms with Crippen molar-refractivity contribution in [3.05, 3.63) is 35.4 Å². The van der Waals surface area contributed by atoms with Gasteiger partial charge < -0.3 is 15.5 Å². The molecule has 1 aliphatic rings. The Balaban J connectivity index is 1.82. The number of aliphatic hydroxyl groups excluding tert-OH is 1. The van der Waals surface area contributed by atoms with E-state index in [1.807, 2.05) is 24.3 Å². The summed E-state index contributed by atoms with van der Waals surface area (Å²) in [5.41, 5.74) is 1.88. The lowest BCUT2D eigenvalue weighted by atomic mass is 9.77. The van der Waals surface area contributed by atoms with Gasteiger partial charge in [0.05, 0.1) is 6.10 Å². The number of benzene rings is 1. The molecule has 1 saturated carbocycles. The van der Waals surface area contributed by atoms with Gasteiger partial charge in [0, 0.05) is 19.9 Å². The maximum absolute atomic E-state index is 11.0. The van der Waals surface area contributed by atoms with Crippen molar-refractivity contribution in [2.45, 2.75) is 51.6 Å². The highest BCUT2D eigenvalue weighted by atomic mass is 16.4. The molecule has 1 unspecified atom stereocenters. The molecule has 0 spiro atoms. The van der Waals surface area contributed by atoms with Crippen LogP contribution in [-0.2, 0) is 16.0 Å². The second-order valence-electron chi connectivity index (χ2n) is 6.80. The number of carboxylic acid groups (broad SMARTS) is 1. The van der Waals surface area contributed by atoms with E-state index in [0.29, 0.717) is 12.3 Å². The molecular formula is C19H27NO4. The summed E-state index contributed by atoms with van der Waals surface area (Å²) in [6.45, 7) is 2.27. The first-order valence-electron chi connectivity index (χ1n) is 8.69. The first-order chi connectivity index (χ1) is 11.5. The van der Waals surface area contributed by atoms with E-state index in [2.05, 4.69) is 5.32 Å². The van der Waals surface area contributed by atoms with Crippen LogP contribution < -0.4 is 5.32 Å². The molecule has 0 aromatic heterocycles. The van der Waals surface area contributed by atoms with E-state index < -0.39 is 12.1 Å². The third-order valence-electron chi connectivity index (χ3n) is 4.93. The Labute approximate surface area is 143 Å². The van der Waals surface area contributed by atoms with Crippen molar-refractivity contribution in [1.82, 2.24) is 5.32 Å². The predicted octanol–water partition coefficient (Wildman–Crippen LogP) is 2.68. The average molecular weight is 333 g/mol. The number of carbonyl (C=O) groups excluding carboxylic acids is 1. The summed E-state index contributed by atoms with van der Waals surface area (Å²) in [5.74, 6) is -0.0190. The summed E-state index contributed by atoms with van der Waals surface area (Å²) < 4.78 is 0. The Kier molecular flexibility index (Phi) is 6.79. The zero-order valence-corrected chi connectivity index (χ0v) is 14.2. The van der Waals surface area contributed by atoms with Gasteiger partial charge in [-0.25, -0.2) is 0 Å². The van der Waals surface area contributed by atoms with Gasteiger partial charge in [-0.05, 0) is 55.1 Å². The fraction of sp³-hybridized carbons (Fsp3) is 0.579. The van der Waals surface area contributed by atoms with E-state index in [1.165, 1.54) is 6.92 Å². The molecule has 1 aromatic rings. The lowest BCUT2D eigenvalue weighted by molar-refractivity contribution is -0.137. The van der Waals surface area contributed by atoms with Crippen molar-refractivity contribution in [1.29, 1.82) is 0 Å². The second kappa shape index (κ2) is 8.83. The molecule has 1 aliphatic carbocycles. The summed E-state index contributed by atoms with van der Waals surface area (Å²) >= 11 is 0.